The topological polar surface area (TPSA) is 83.9 Å². The SMILES string of the molecule is COc1ccc(-c2[nH][nH]c(=O)c2CN)cc1C. The Labute approximate surface area is 98.6 Å². The molecule has 4 N–H and O–H groups in total. The first kappa shape index (κ1) is 11.5. The molecular formula is C12H15N3O2. The van der Waals surface area contributed by atoms with E-state index in [9.17, 15) is 4.79 Å². The van der Waals surface area contributed by atoms with Crippen LogP contribution < -0.4 is 16.0 Å². The lowest BCUT2D eigenvalue weighted by molar-refractivity contribution is 0.412. The van der Waals surface area contributed by atoms with Crippen LogP contribution in [0.3, 0.4) is 0 Å². The number of aromatic nitrogens is 2. The molecule has 1 aromatic carbocycles. The number of aromatic amines is 2. The van der Waals surface area contributed by atoms with E-state index in [-0.39, 0.29) is 12.1 Å². The van der Waals surface area contributed by atoms with E-state index in [0.29, 0.717) is 5.56 Å². The number of hydrogen-bond acceptors (Lipinski definition) is 3. The second-order valence-electron chi connectivity index (χ2n) is 3.82. The minimum absolute atomic E-state index is 0.170. The van der Waals surface area contributed by atoms with Crippen LogP contribution in [0.2, 0.25) is 0 Å². The van der Waals surface area contributed by atoms with E-state index < -0.39 is 0 Å². The summed E-state index contributed by atoms with van der Waals surface area (Å²) in [5, 5.41) is 5.39. The second kappa shape index (κ2) is 4.47. The normalized spacial score (nSPS) is 10.5. The molecule has 0 aliphatic heterocycles. The highest BCUT2D eigenvalue weighted by molar-refractivity contribution is 5.64. The molecule has 0 amide bonds. The van der Waals surface area contributed by atoms with Gasteiger partial charge < -0.3 is 10.5 Å². The first-order valence-electron chi connectivity index (χ1n) is 5.32. The molecule has 1 heterocycles. The molecule has 0 spiro atoms. The van der Waals surface area contributed by atoms with Crippen molar-refractivity contribution >= 4 is 0 Å². The van der Waals surface area contributed by atoms with Crippen LogP contribution >= 0.6 is 0 Å². The molecule has 0 aliphatic carbocycles. The van der Waals surface area contributed by atoms with Crippen molar-refractivity contribution in [3.63, 3.8) is 0 Å². The molecule has 90 valence electrons. The summed E-state index contributed by atoms with van der Waals surface area (Å²) in [5.74, 6) is 0.820. The van der Waals surface area contributed by atoms with Crippen LogP contribution in [0.15, 0.2) is 23.0 Å². The molecule has 2 aromatic rings. The van der Waals surface area contributed by atoms with Crippen LogP contribution in [0, 0.1) is 6.92 Å². The van der Waals surface area contributed by atoms with E-state index in [1.807, 2.05) is 25.1 Å². The third-order valence-electron chi connectivity index (χ3n) is 2.76. The highest BCUT2D eigenvalue weighted by atomic mass is 16.5. The first-order chi connectivity index (χ1) is 8.17. The van der Waals surface area contributed by atoms with Crippen molar-refractivity contribution in [2.24, 2.45) is 5.73 Å². The summed E-state index contributed by atoms with van der Waals surface area (Å²) < 4.78 is 5.19. The Bertz CT molecular complexity index is 584. The summed E-state index contributed by atoms with van der Waals surface area (Å²) >= 11 is 0. The fourth-order valence-corrected chi connectivity index (χ4v) is 1.86. The van der Waals surface area contributed by atoms with E-state index in [1.54, 1.807) is 7.11 Å². The van der Waals surface area contributed by atoms with Gasteiger partial charge in [0.1, 0.15) is 5.75 Å². The number of nitrogens with one attached hydrogen (secondary N) is 2. The highest BCUT2D eigenvalue weighted by Gasteiger charge is 2.11. The summed E-state index contributed by atoms with van der Waals surface area (Å²) in [6, 6.07) is 5.72. The maximum absolute atomic E-state index is 11.5. The van der Waals surface area contributed by atoms with E-state index in [4.69, 9.17) is 10.5 Å². The van der Waals surface area contributed by atoms with E-state index in [1.165, 1.54) is 0 Å². The third kappa shape index (κ3) is 1.97. The second-order valence-corrected chi connectivity index (χ2v) is 3.82. The smallest absolute Gasteiger partial charge is 0.269 e. The van der Waals surface area contributed by atoms with Gasteiger partial charge in [0.25, 0.3) is 5.56 Å². The Balaban J connectivity index is 2.53. The van der Waals surface area contributed by atoms with Gasteiger partial charge in [-0.1, -0.05) is 0 Å². The largest absolute Gasteiger partial charge is 0.496 e. The molecule has 0 radical (unpaired) electrons. The summed E-state index contributed by atoms with van der Waals surface area (Å²) in [7, 11) is 1.63. The molecule has 2 rings (SSSR count). The van der Waals surface area contributed by atoms with E-state index in [2.05, 4.69) is 10.2 Å². The molecule has 0 unspecified atom stereocenters. The number of aryl methyl sites for hydroxylation is 1. The minimum atomic E-state index is -0.170. The van der Waals surface area contributed by atoms with Gasteiger partial charge in [-0.3, -0.25) is 15.0 Å². The van der Waals surface area contributed by atoms with Crippen LogP contribution in [-0.4, -0.2) is 17.3 Å². The fraction of sp³-hybridized carbons (Fsp3) is 0.250. The van der Waals surface area contributed by atoms with Crippen LogP contribution in [0.4, 0.5) is 0 Å². The van der Waals surface area contributed by atoms with Crippen molar-refractivity contribution in [2.45, 2.75) is 13.5 Å². The summed E-state index contributed by atoms with van der Waals surface area (Å²) in [5.41, 5.74) is 8.62. The minimum Gasteiger partial charge on any atom is -0.496 e. The molecule has 5 nitrogen and oxygen atoms in total. The van der Waals surface area contributed by atoms with Crippen LogP contribution in [0.5, 0.6) is 5.75 Å². The average Bonchev–Trinajstić information content (AvgIpc) is 2.70. The molecule has 17 heavy (non-hydrogen) atoms. The maximum atomic E-state index is 11.5. The Hall–Kier alpha value is -2.01. The van der Waals surface area contributed by atoms with Gasteiger partial charge in [0.2, 0.25) is 0 Å². The van der Waals surface area contributed by atoms with Gasteiger partial charge in [0.15, 0.2) is 0 Å². The Morgan fingerprint density at radius 1 is 1.35 bits per heavy atom. The number of rotatable bonds is 3. The zero-order valence-corrected chi connectivity index (χ0v) is 9.83. The van der Waals surface area contributed by atoms with Crippen molar-refractivity contribution in [3.8, 4) is 17.0 Å². The lowest BCUT2D eigenvalue weighted by Crippen LogP contribution is -2.10. The standard InChI is InChI=1S/C12H15N3O2/c1-7-5-8(3-4-10(7)17-2)11-9(6-13)12(16)15-14-11/h3-5H,6,13H2,1-2H3,(H2,14,15,16). The average molecular weight is 233 g/mol. The van der Waals surface area contributed by atoms with Gasteiger partial charge in [-0.25, -0.2) is 0 Å². The molecule has 0 fully saturated rings. The molecule has 5 heteroatoms. The van der Waals surface area contributed by atoms with Crippen molar-refractivity contribution < 1.29 is 4.74 Å². The molecule has 0 saturated carbocycles. The first-order valence-corrected chi connectivity index (χ1v) is 5.32. The molecule has 0 saturated heterocycles. The molecular weight excluding hydrogens is 218 g/mol. The van der Waals surface area contributed by atoms with Gasteiger partial charge in [0, 0.05) is 12.1 Å². The van der Waals surface area contributed by atoms with Gasteiger partial charge >= 0.3 is 0 Å². The Kier molecular flexibility index (Phi) is 3.01. The third-order valence-corrected chi connectivity index (χ3v) is 2.76. The Morgan fingerprint density at radius 2 is 2.12 bits per heavy atom. The number of nitrogens with two attached hydrogens (primary N) is 1. The number of ether oxygens (including phenoxy) is 1. The lowest BCUT2D eigenvalue weighted by atomic mass is 10.0. The van der Waals surface area contributed by atoms with E-state index in [0.717, 1.165) is 22.6 Å². The van der Waals surface area contributed by atoms with Crippen LogP contribution in [0.25, 0.3) is 11.3 Å². The predicted octanol–water partition coefficient (Wildman–Crippen LogP) is 1.15. The summed E-state index contributed by atoms with van der Waals surface area (Å²) in [6.07, 6.45) is 0. The number of methoxy groups -OCH3 is 1. The van der Waals surface area contributed by atoms with Crippen molar-refractivity contribution in [3.05, 3.63) is 39.7 Å². The predicted molar refractivity (Wildman–Crippen MR) is 66.0 cm³/mol. The molecule has 0 atom stereocenters. The summed E-state index contributed by atoms with van der Waals surface area (Å²) in [6.45, 7) is 2.16. The summed E-state index contributed by atoms with van der Waals surface area (Å²) in [4.78, 5) is 11.5. The van der Waals surface area contributed by atoms with Crippen molar-refractivity contribution in [2.75, 3.05) is 7.11 Å². The Morgan fingerprint density at radius 3 is 2.71 bits per heavy atom. The van der Waals surface area contributed by atoms with E-state index >= 15 is 0 Å². The van der Waals surface area contributed by atoms with Crippen molar-refractivity contribution in [1.29, 1.82) is 0 Å². The fourth-order valence-electron chi connectivity index (χ4n) is 1.86. The quantitative estimate of drug-likeness (QED) is 0.743. The van der Waals surface area contributed by atoms with Gasteiger partial charge in [-0.15, -0.1) is 0 Å². The van der Waals surface area contributed by atoms with Gasteiger partial charge in [-0.2, -0.15) is 0 Å². The maximum Gasteiger partial charge on any atom is 0.269 e. The molecule has 0 aliphatic rings. The van der Waals surface area contributed by atoms with Crippen LogP contribution in [0.1, 0.15) is 11.1 Å². The van der Waals surface area contributed by atoms with Crippen molar-refractivity contribution in [1.82, 2.24) is 10.2 Å². The number of hydrogen-bond donors (Lipinski definition) is 3. The van der Waals surface area contributed by atoms with Gasteiger partial charge in [0.05, 0.1) is 18.4 Å². The lowest BCUT2D eigenvalue weighted by Gasteiger charge is -2.07. The number of H-pyrrole nitrogens is 2. The molecule has 1 aromatic heterocycles. The van der Waals surface area contributed by atoms with Gasteiger partial charge in [-0.05, 0) is 30.7 Å². The number of benzene rings is 1. The highest BCUT2D eigenvalue weighted by Crippen LogP contribution is 2.25. The van der Waals surface area contributed by atoms with Crippen LogP contribution in [-0.2, 0) is 6.54 Å². The molecule has 0 bridgehead atoms. The zero-order chi connectivity index (χ0) is 12.4. The zero-order valence-electron chi connectivity index (χ0n) is 9.83. The monoisotopic (exact) mass is 233 g/mol.